The maximum absolute atomic E-state index is 12.6. The third-order valence-electron chi connectivity index (χ3n) is 4.55. The molecule has 1 heterocycles. The molecule has 1 amide bonds. The maximum atomic E-state index is 12.6. The molecule has 0 spiro atoms. The average Bonchev–Trinajstić information content (AvgIpc) is 2.59. The topological polar surface area (TPSA) is 41.6 Å². The molecule has 7 heteroatoms. The standard InChI is InChI=1S/C19H27F3N2O2/c1-13(2)12-26-17-8-10-24(11-9-17)14(3)18(25)23-16-6-4-15(5-7-16)19(20,21)22/h4-7,13-14,17H,8-12H2,1-3H3,(H,23,25). The first-order chi connectivity index (χ1) is 12.2. The molecule has 0 bridgehead atoms. The number of benzene rings is 1. The zero-order valence-electron chi connectivity index (χ0n) is 15.5. The molecule has 1 saturated heterocycles. The van der Waals surface area contributed by atoms with E-state index in [2.05, 4.69) is 24.1 Å². The van der Waals surface area contributed by atoms with Gasteiger partial charge in [0, 0.05) is 25.4 Å². The number of likely N-dealkylation sites (tertiary alicyclic amines) is 1. The van der Waals surface area contributed by atoms with Crippen LogP contribution in [0.5, 0.6) is 0 Å². The largest absolute Gasteiger partial charge is 0.416 e. The van der Waals surface area contributed by atoms with Gasteiger partial charge in [-0.2, -0.15) is 13.2 Å². The van der Waals surface area contributed by atoms with Crippen LogP contribution < -0.4 is 5.32 Å². The van der Waals surface area contributed by atoms with E-state index >= 15 is 0 Å². The van der Waals surface area contributed by atoms with Gasteiger partial charge >= 0.3 is 6.18 Å². The van der Waals surface area contributed by atoms with Crippen molar-refractivity contribution in [3.05, 3.63) is 29.8 Å². The molecule has 1 atom stereocenters. The SMILES string of the molecule is CC(C)COC1CCN(C(C)C(=O)Nc2ccc(C(F)(F)F)cc2)CC1. The fourth-order valence-corrected chi connectivity index (χ4v) is 2.91. The van der Waals surface area contributed by atoms with Gasteiger partial charge in [-0.15, -0.1) is 0 Å². The van der Waals surface area contributed by atoms with Crippen LogP contribution in [0.25, 0.3) is 0 Å². The van der Waals surface area contributed by atoms with Gasteiger partial charge in [0.2, 0.25) is 5.91 Å². The Morgan fingerprint density at radius 2 is 1.77 bits per heavy atom. The van der Waals surface area contributed by atoms with Crippen molar-refractivity contribution >= 4 is 11.6 Å². The molecule has 0 radical (unpaired) electrons. The summed E-state index contributed by atoms with van der Waals surface area (Å²) in [5, 5.41) is 2.69. The van der Waals surface area contributed by atoms with Crippen LogP contribution >= 0.6 is 0 Å². The molecule has 4 nitrogen and oxygen atoms in total. The third-order valence-corrected chi connectivity index (χ3v) is 4.55. The molecule has 0 aliphatic carbocycles. The number of nitrogens with zero attached hydrogens (tertiary/aromatic N) is 1. The molecule has 1 fully saturated rings. The maximum Gasteiger partial charge on any atom is 0.416 e. The van der Waals surface area contributed by atoms with Gasteiger partial charge in [0.25, 0.3) is 0 Å². The second-order valence-electron chi connectivity index (χ2n) is 7.20. The summed E-state index contributed by atoms with van der Waals surface area (Å²) in [6.07, 6.45) is -2.38. The molecule has 0 aromatic heterocycles. The Morgan fingerprint density at radius 3 is 2.27 bits per heavy atom. The van der Waals surface area contributed by atoms with Crippen molar-refractivity contribution in [3.8, 4) is 0 Å². The van der Waals surface area contributed by atoms with Crippen LogP contribution in [0.1, 0.15) is 39.2 Å². The highest BCUT2D eigenvalue weighted by Crippen LogP contribution is 2.29. The minimum absolute atomic E-state index is 0.216. The van der Waals surface area contributed by atoms with E-state index in [1.807, 2.05) is 6.92 Å². The van der Waals surface area contributed by atoms with Gasteiger partial charge in [-0.3, -0.25) is 9.69 Å². The van der Waals surface area contributed by atoms with Crippen molar-refractivity contribution < 1.29 is 22.7 Å². The number of alkyl halides is 3. The highest BCUT2D eigenvalue weighted by atomic mass is 19.4. The zero-order valence-corrected chi connectivity index (χ0v) is 15.5. The molecule has 1 aromatic carbocycles. The number of anilines is 1. The predicted octanol–water partition coefficient (Wildman–Crippen LogP) is 4.17. The number of hydrogen-bond acceptors (Lipinski definition) is 3. The molecule has 146 valence electrons. The summed E-state index contributed by atoms with van der Waals surface area (Å²) in [5.74, 6) is 0.285. The lowest BCUT2D eigenvalue weighted by atomic mass is 10.1. The van der Waals surface area contributed by atoms with Gasteiger partial charge in [-0.05, 0) is 49.9 Å². The van der Waals surface area contributed by atoms with Crippen LogP contribution in [0.4, 0.5) is 18.9 Å². The second-order valence-corrected chi connectivity index (χ2v) is 7.20. The van der Waals surface area contributed by atoms with Gasteiger partial charge in [0.15, 0.2) is 0 Å². The van der Waals surface area contributed by atoms with Crippen LogP contribution in [0.2, 0.25) is 0 Å². The Morgan fingerprint density at radius 1 is 1.19 bits per heavy atom. The molecule has 1 aromatic rings. The Labute approximate surface area is 152 Å². The first-order valence-electron chi connectivity index (χ1n) is 9.00. The van der Waals surface area contributed by atoms with E-state index in [-0.39, 0.29) is 18.1 Å². The van der Waals surface area contributed by atoms with E-state index in [1.54, 1.807) is 0 Å². The van der Waals surface area contributed by atoms with E-state index in [4.69, 9.17) is 4.74 Å². The van der Waals surface area contributed by atoms with Crippen molar-refractivity contribution in [2.75, 3.05) is 25.0 Å². The van der Waals surface area contributed by atoms with Gasteiger partial charge in [-0.1, -0.05) is 13.8 Å². The quantitative estimate of drug-likeness (QED) is 0.815. The van der Waals surface area contributed by atoms with Crippen LogP contribution in [-0.2, 0) is 15.7 Å². The van der Waals surface area contributed by atoms with E-state index in [1.165, 1.54) is 12.1 Å². The number of piperidine rings is 1. The number of halogens is 3. The number of carbonyl (C=O) groups is 1. The molecule has 1 aliphatic rings. The highest BCUT2D eigenvalue weighted by Gasteiger charge is 2.30. The van der Waals surface area contributed by atoms with Gasteiger partial charge < -0.3 is 10.1 Å². The number of carbonyl (C=O) groups excluding carboxylic acids is 1. The number of amides is 1. The number of hydrogen-bond donors (Lipinski definition) is 1. The van der Waals surface area contributed by atoms with E-state index in [0.717, 1.165) is 44.7 Å². The van der Waals surface area contributed by atoms with E-state index in [9.17, 15) is 18.0 Å². The van der Waals surface area contributed by atoms with Crippen LogP contribution in [0.3, 0.4) is 0 Å². The molecular weight excluding hydrogens is 345 g/mol. The molecule has 26 heavy (non-hydrogen) atoms. The summed E-state index contributed by atoms with van der Waals surface area (Å²) in [5.41, 5.74) is -0.364. The fraction of sp³-hybridized carbons (Fsp3) is 0.632. The van der Waals surface area contributed by atoms with Gasteiger partial charge in [0.05, 0.1) is 17.7 Å². The number of rotatable bonds is 6. The Kier molecular flexibility index (Phi) is 7.06. The van der Waals surface area contributed by atoms with Crippen molar-refractivity contribution in [1.82, 2.24) is 4.90 Å². The van der Waals surface area contributed by atoms with Crippen molar-refractivity contribution in [3.63, 3.8) is 0 Å². The summed E-state index contributed by atoms with van der Waals surface area (Å²) in [6.45, 7) is 8.32. The summed E-state index contributed by atoms with van der Waals surface area (Å²) in [4.78, 5) is 14.5. The van der Waals surface area contributed by atoms with Gasteiger partial charge in [0.1, 0.15) is 0 Å². The lowest BCUT2D eigenvalue weighted by molar-refractivity contribution is -0.137. The zero-order chi connectivity index (χ0) is 19.3. The first kappa shape index (κ1) is 20.7. The predicted molar refractivity (Wildman–Crippen MR) is 94.9 cm³/mol. The summed E-state index contributed by atoms with van der Waals surface area (Å²) in [7, 11) is 0. The summed E-state index contributed by atoms with van der Waals surface area (Å²) in [6, 6.07) is 4.15. The van der Waals surface area contributed by atoms with E-state index in [0.29, 0.717) is 11.6 Å². The Hall–Kier alpha value is -1.60. The van der Waals surface area contributed by atoms with Crippen LogP contribution in [0.15, 0.2) is 24.3 Å². The lowest BCUT2D eigenvalue weighted by Gasteiger charge is -2.35. The van der Waals surface area contributed by atoms with Gasteiger partial charge in [-0.25, -0.2) is 0 Å². The minimum Gasteiger partial charge on any atom is -0.378 e. The Balaban J connectivity index is 1.82. The van der Waals surface area contributed by atoms with E-state index < -0.39 is 11.7 Å². The fourth-order valence-electron chi connectivity index (χ4n) is 2.91. The van der Waals surface area contributed by atoms with Crippen molar-refractivity contribution in [2.45, 2.75) is 51.9 Å². The molecule has 0 saturated carbocycles. The number of ether oxygens (including phenoxy) is 1. The molecule has 1 aliphatic heterocycles. The Bertz CT molecular complexity index is 579. The highest BCUT2D eigenvalue weighted by molar-refractivity contribution is 5.94. The van der Waals surface area contributed by atoms with Crippen LogP contribution in [0, 0.1) is 5.92 Å². The normalized spacial score (nSPS) is 18.1. The smallest absolute Gasteiger partial charge is 0.378 e. The number of nitrogens with one attached hydrogen (secondary N) is 1. The second kappa shape index (κ2) is 8.86. The third kappa shape index (κ3) is 5.99. The minimum atomic E-state index is -4.38. The summed E-state index contributed by atoms with van der Waals surface area (Å²) >= 11 is 0. The molecular formula is C19H27F3N2O2. The molecule has 1 N–H and O–H groups in total. The van der Waals surface area contributed by atoms with Crippen molar-refractivity contribution in [1.29, 1.82) is 0 Å². The monoisotopic (exact) mass is 372 g/mol. The summed E-state index contributed by atoms with van der Waals surface area (Å²) < 4.78 is 43.6. The van der Waals surface area contributed by atoms with Crippen LogP contribution in [-0.4, -0.2) is 42.6 Å². The first-order valence-corrected chi connectivity index (χ1v) is 9.00. The molecule has 1 unspecified atom stereocenters. The average molecular weight is 372 g/mol. The lowest BCUT2D eigenvalue weighted by Crippen LogP contribution is -2.47. The van der Waals surface area contributed by atoms with Crippen molar-refractivity contribution in [2.24, 2.45) is 5.92 Å². The molecule has 2 rings (SSSR count).